The molecule has 0 aliphatic rings. The van der Waals surface area contributed by atoms with Crippen LogP contribution in [0.3, 0.4) is 0 Å². The Balaban J connectivity index is 2.43. The molecule has 0 saturated heterocycles. The SMILES string of the molecule is CCCc1ccc(S(=O)(=O)NCCCOCCBr)cc1. The minimum atomic E-state index is -3.40. The fourth-order valence-corrected chi connectivity index (χ4v) is 3.05. The molecule has 1 aromatic rings. The van der Waals surface area contributed by atoms with E-state index in [1.807, 2.05) is 12.1 Å². The molecule has 1 aromatic carbocycles. The molecule has 0 fully saturated rings. The van der Waals surface area contributed by atoms with Crippen LogP contribution in [0, 0.1) is 0 Å². The van der Waals surface area contributed by atoms with Gasteiger partial charge in [0.15, 0.2) is 0 Å². The fraction of sp³-hybridized carbons (Fsp3) is 0.571. The van der Waals surface area contributed by atoms with Crippen LogP contribution in [-0.4, -0.2) is 33.5 Å². The normalized spacial score (nSPS) is 11.7. The Morgan fingerprint density at radius 3 is 2.50 bits per heavy atom. The summed E-state index contributed by atoms with van der Waals surface area (Å²) < 4.78 is 31.9. The Morgan fingerprint density at radius 2 is 1.90 bits per heavy atom. The highest BCUT2D eigenvalue weighted by molar-refractivity contribution is 9.09. The first-order valence-electron chi connectivity index (χ1n) is 6.82. The van der Waals surface area contributed by atoms with Crippen molar-refractivity contribution in [1.29, 1.82) is 0 Å². The van der Waals surface area contributed by atoms with Crippen LogP contribution in [0.5, 0.6) is 0 Å². The van der Waals surface area contributed by atoms with Crippen molar-refractivity contribution >= 4 is 26.0 Å². The fourth-order valence-electron chi connectivity index (χ4n) is 1.74. The molecule has 0 radical (unpaired) electrons. The van der Waals surface area contributed by atoms with Crippen molar-refractivity contribution < 1.29 is 13.2 Å². The summed E-state index contributed by atoms with van der Waals surface area (Å²) in [6.07, 6.45) is 2.69. The summed E-state index contributed by atoms with van der Waals surface area (Å²) in [4.78, 5) is 0.318. The summed E-state index contributed by atoms with van der Waals surface area (Å²) in [7, 11) is -3.40. The number of benzene rings is 1. The molecular weight excluding hydrogens is 342 g/mol. The van der Waals surface area contributed by atoms with Gasteiger partial charge >= 0.3 is 0 Å². The average Bonchev–Trinajstić information content (AvgIpc) is 2.44. The smallest absolute Gasteiger partial charge is 0.240 e. The minimum Gasteiger partial charge on any atom is -0.381 e. The van der Waals surface area contributed by atoms with E-state index in [0.29, 0.717) is 31.1 Å². The van der Waals surface area contributed by atoms with Gasteiger partial charge in [0.1, 0.15) is 0 Å². The Hall–Kier alpha value is -0.430. The molecule has 0 heterocycles. The van der Waals surface area contributed by atoms with Gasteiger partial charge in [0.05, 0.1) is 11.5 Å². The first kappa shape index (κ1) is 17.6. The van der Waals surface area contributed by atoms with E-state index in [0.717, 1.165) is 23.7 Å². The van der Waals surface area contributed by atoms with Crippen molar-refractivity contribution in [3.05, 3.63) is 29.8 Å². The van der Waals surface area contributed by atoms with Gasteiger partial charge in [0.2, 0.25) is 10.0 Å². The second-order valence-electron chi connectivity index (χ2n) is 4.45. The molecule has 0 aliphatic heterocycles. The summed E-state index contributed by atoms with van der Waals surface area (Å²) in [6.45, 7) is 3.69. The zero-order chi connectivity index (χ0) is 14.8. The summed E-state index contributed by atoms with van der Waals surface area (Å²) in [5.74, 6) is 0. The van der Waals surface area contributed by atoms with Crippen LogP contribution in [0.1, 0.15) is 25.3 Å². The maximum absolute atomic E-state index is 12.0. The molecule has 0 aliphatic carbocycles. The van der Waals surface area contributed by atoms with E-state index >= 15 is 0 Å². The number of halogens is 1. The summed E-state index contributed by atoms with van der Waals surface area (Å²) >= 11 is 3.26. The quantitative estimate of drug-likeness (QED) is 0.513. The number of nitrogens with one attached hydrogen (secondary N) is 1. The van der Waals surface area contributed by atoms with E-state index < -0.39 is 10.0 Å². The molecular formula is C14H22BrNO3S. The van der Waals surface area contributed by atoms with Gasteiger partial charge in [-0.3, -0.25) is 0 Å². The molecule has 0 saturated carbocycles. The standard InChI is InChI=1S/C14H22BrNO3S/c1-2-4-13-5-7-14(8-6-13)20(17,18)16-10-3-11-19-12-9-15/h5-8,16H,2-4,9-12H2,1H3. The van der Waals surface area contributed by atoms with Gasteiger partial charge in [0.25, 0.3) is 0 Å². The third-order valence-corrected chi connectivity index (χ3v) is 4.55. The van der Waals surface area contributed by atoms with Crippen molar-refractivity contribution in [3.63, 3.8) is 0 Å². The van der Waals surface area contributed by atoms with Gasteiger partial charge < -0.3 is 4.74 Å². The molecule has 4 nitrogen and oxygen atoms in total. The lowest BCUT2D eigenvalue weighted by atomic mass is 10.1. The van der Waals surface area contributed by atoms with Crippen molar-refractivity contribution in [2.24, 2.45) is 0 Å². The summed E-state index contributed by atoms with van der Waals surface area (Å²) in [5, 5.41) is 0.794. The number of hydrogen-bond donors (Lipinski definition) is 1. The summed E-state index contributed by atoms with van der Waals surface area (Å²) in [6, 6.07) is 7.07. The van der Waals surface area contributed by atoms with Crippen LogP contribution in [0.4, 0.5) is 0 Å². The van der Waals surface area contributed by atoms with Crippen molar-refractivity contribution in [2.45, 2.75) is 31.1 Å². The van der Waals surface area contributed by atoms with Crippen molar-refractivity contribution in [2.75, 3.05) is 25.1 Å². The van der Waals surface area contributed by atoms with Crippen LogP contribution in [0.25, 0.3) is 0 Å². The number of hydrogen-bond acceptors (Lipinski definition) is 3. The summed E-state index contributed by atoms with van der Waals surface area (Å²) in [5.41, 5.74) is 1.16. The maximum atomic E-state index is 12.0. The van der Waals surface area contributed by atoms with Gasteiger partial charge in [-0.15, -0.1) is 0 Å². The number of rotatable bonds is 10. The molecule has 0 amide bonds. The minimum absolute atomic E-state index is 0.318. The monoisotopic (exact) mass is 363 g/mol. The Kier molecular flexibility index (Phi) is 8.37. The number of sulfonamides is 1. The Bertz CT molecular complexity index is 474. The predicted octanol–water partition coefficient (Wildman–Crippen LogP) is 2.72. The second kappa shape index (κ2) is 9.50. The van der Waals surface area contributed by atoms with E-state index in [1.165, 1.54) is 0 Å². The first-order chi connectivity index (χ1) is 9.60. The second-order valence-corrected chi connectivity index (χ2v) is 7.01. The van der Waals surface area contributed by atoms with E-state index in [1.54, 1.807) is 12.1 Å². The third-order valence-electron chi connectivity index (χ3n) is 2.75. The largest absolute Gasteiger partial charge is 0.381 e. The highest BCUT2D eigenvalue weighted by Gasteiger charge is 2.12. The van der Waals surface area contributed by atoms with Gasteiger partial charge in [0, 0.05) is 18.5 Å². The van der Waals surface area contributed by atoms with E-state index in [2.05, 4.69) is 27.6 Å². The topological polar surface area (TPSA) is 55.4 Å². The molecule has 1 rings (SSSR count). The third kappa shape index (κ3) is 6.35. The van der Waals surface area contributed by atoms with Gasteiger partial charge in [-0.1, -0.05) is 41.4 Å². The Morgan fingerprint density at radius 1 is 1.20 bits per heavy atom. The highest BCUT2D eigenvalue weighted by atomic mass is 79.9. The van der Waals surface area contributed by atoms with E-state index in [9.17, 15) is 8.42 Å². The molecule has 1 N–H and O–H groups in total. The number of alkyl halides is 1. The van der Waals surface area contributed by atoms with Crippen LogP contribution in [0.15, 0.2) is 29.2 Å². The van der Waals surface area contributed by atoms with Crippen LogP contribution < -0.4 is 4.72 Å². The average molecular weight is 364 g/mol. The number of aryl methyl sites for hydroxylation is 1. The van der Waals surface area contributed by atoms with Crippen LogP contribution in [0.2, 0.25) is 0 Å². The zero-order valence-electron chi connectivity index (χ0n) is 11.8. The lowest BCUT2D eigenvalue weighted by Gasteiger charge is -2.08. The van der Waals surface area contributed by atoms with Crippen LogP contribution in [-0.2, 0) is 21.2 Å². The predicted molar refractivity (Wildman–Crippen MR) is 84.9 cm³/mol. The molecule has 0 aromatic heterocycles. The molecule has 0 atom stereocenters. The lowest BCUT2D eigenvalue weighted by molar-refractivity contribution is 0.149. The van der Waals surface area contributed by atoms with E-state index in [-0.39, 0.29) is 0 Å². The first-order valence-corrected chi connectivity index (χ1v) is 9.43. The molecule has 0 spiro atoms. The van der Waals surface area contributed by atoms with E-state index in [4.69, 9.17) is 4.74 Å². The Labute approximate surface area is 130 Å². The van der Waals surface area contributed by atoms with Crippen molar-refractivity contribution in [1.82, 2.24) is 4.72 Å². The zero-order valence-corrected chi connectivity index (χ0v) is 14.2. The molecule has 6 heteroatoms. The van der Waals surface area contributed by atoms with Gasteiger partial charge in [-0.05, 0) is 30.5 Å². The maximum Gasteiger partial charge on any atom is 0.240 e. The highest BCUT2D eigenvalue weighted by Crippen LogP contribution is 2.11. The molecule has 114 valence electrons. The van der Waals surface area contributed by atoms with Gasteiger partial charge in [-0.25, -0.2) is 13.1 Å². The molecule has 0 unspecified atom stereocenters. The molecule has 0 bridgehead atoms. The molecule has 20 heavy (non-hydrogen) atoms. The van der Waals surface area contributed by atoms with Crippen LogP contribution >= 0.6 is 15.9 Å². The number of ether oxygens (including phenoxy) is 1. The lowest BCUT2D eigenvalue weighted by Crippen LogP contribution is -2.25. The van der Waals surface area contributed by atoms with Crippen molar-refractivity contribution in [3.8, 4) is 0 Å². The van der Waals surface area contributed by atoms with Gasteiger partial charge in [-0.2, -0.15) is 0 Å².